The molecule has 6 nitrogen and oxygen atoms in total. The number of rotatable bonds is 4. The first-order chi connectivity index (χ1) is 11.0. The Morgan fingerprint density at radius 3 is 2.57 bits per heavy atom. The molecule has 3 rings (SSSR count). The van der Waals surface area contributed by atoms with Gasteiger partial charge < -0.3 is 9.64 Å². The Morgan fingerprint density at radius 1 is 1.30 bits per heavy atom. The minimum absolute atomic E-state index is 0.0781. The summed E-state index contributed by atoms with van der Waals surface area (Å²) in [5.41, 5.74) is 1.14. The average Bonchev–Trinajstić information content (AvgIpc) is 2.89. The fourth-order valence-corrected chi connectivity index (χ4v) is 3.82. The van der Waals surface area contributed by atoms with Gasteiger partial charge in [0.15, 0.2) is 5.75 Å². The SMILES string of the molecule is CCC1CCC(N2Cc3cc(OC)c([N+](=O)[O-])cc3C2=O)CC1. The van der Waals surface area contributed by atoms with E-state index in [0.29, 0.717) is 12.1 Å². The number of carbonyl (C=O) groups is 1. The van der Waals surface area contributed by atoms with Gasteiger partial charge in [0.05, 0.1) is 17.6 Å². The minimum atomic E-state index is -0.499. The van der Waals surface area contributed by atoms with Crippen molar-refractivity contribution in [2.45, 2.75) is 51.6 Å². The molecule has 1 aromatic carbocycles. The number of nitro benzene ring substituents is 1. The van der Waals surface area contributed by atoms with Gasteiger partial charge in [-0.15, -0.1) is 0 Å². The minimum Gasteiger partial charge on any atom is -0.490 e. The van der Waals surface area contributed by atoms with Crippen LogP contribution in [0.5, 0.6) is 5.75 Å². The average molecular weight is 318 g/mol. The largest absolute Gasteiger partial charge is 0.490 e. The van der Waals surface area contributed by atoms with Crippen molar-refractivity contribution in [3.05, 3.63) is 33.4 Å². The van der Waals surface area contributed by atoms with Crippen molar-refractivity contribution >= 4 is 11.6 Å². The molecular weight excluding hydrogens is 296 g/mol. The summed E-state index contributed by atoms with van der Waals surface area (Å²) in [6.45, 7) is 2.75. The molecule has 124 valence electrons. The molecule has 1 fully saturated rings. The van der Waals surface area contributed by atoms with Crippen LogP contribution in [-0.2, 0) is 6.54 Å². The zero-order valence-electron chi connectivity index (χ0n) is 13.6. The predicted molar refractivity (Wildman–Crippen MR) is 85.6 cm³/mol. The molecule has 1 aliphatic carbocycles. The Labute approximate surface area is 135 Å². The zero-order valence-corrected chi connectivity index (χ0v) is 13.6. The molecule has 1 aromatic rings. The molecule has 6 heteroatoms. The maximum Gasteiger partial charge on any atom is 0.311 e. The smallest absolute Gasteiger partial charge is 0.311 e. The molecule has 1 saturated carbocycles. The normalized spacial score (nSPS) is 23.7. The van der Waals surface area contributed by atoms with Crippen LogP contribution < -0.4 is 4.74 Å². The first-order valence-corrected chi connectivity index (χ1v) is 8.21. The van der Waals surface area contributed by atoms with Crippen LogP contribution >= 0.6 is 0 Å². The fourth-order valence-electron chi connectivity index (χ4n) is 3.82. The number of methoxy groups -OCH3 is 1. The van der Waals surface area contributed by atoms with Gasteiger partial charge in [-0.3, -0.25) is 14.9 Å². The molecule has 1 amide bonds. The quantitative estimate of drug-likeness (QED) is 0.629. The number of amides is 1. The van der Waals surface area contributed by atoms with E-state index in [1.807, 2.05) is 4.90 Å². The second-order valence-electron chi connectivity index (χ2n) is 6.45. The van der Waals surface area contributed by atoms with Crippen molar-refractivity contribution < 1.29 is 14.5 Å². The highest BCUT2D eigenvalue weighted by atomic mass is 16.6. The van der Waals surface area contributed by atoms with Crippen molar-refractivity contribution in [2.24, 2.45) is 5.92 Å². The van der Waals surface area contributed by atoms with E-state index in [9.17, 15) is 14.9 Å². The van der Waals surface area contributed by atoms with E-state index in [1.165, 1.54) is 19.6 Å². The lowest BCUT2D eigenvalue weighted by Crippen LogP contribution is -2.38. The summed E-state index contributed by atoms with van der Waals surface area (Å²) in [5, 5.41) is 11.1. The fraction of sp³-hybridized carbons (Fsp3) is 0.588. The van der Waals surface area contributed by atoms with Gasteiger partial charge in [-0.05, 0) is 43.2 Å². The number of ether oxygens (including phenoxy) is 1. The van der Waals surface area contributed by atoms with E-state index in [0.717, 1.165) is 37.2 Å². The summed E-state index contributed by atoms with van der Waals surface area (Å²) in [5.74, 6) is 0.913. The third-order valence-electron chi connectivity index (χ3n) is 5.27. The summed E-state index contributed by atoms with van der Waals surface area (Å²) in [6.07, 6.45) is 5.56. The van der Waals surface area contributed by atoms with Gasteiger partial charge in [-0.1, -0.05) is 13.3 Å². The first kappa shape index (κ1) is 15.8. The molecule has 0 saturated heterocycles. The lowest BCUT2D eigenvalue weighted by atomic mass is 9.84. The van der Waals surface area contributed by atoms with E-state index < -0.39 is 4.92 Å². The second kappa shape index (κ2) is 6.18. The monoisotopic (exact) mass is 318 g/mol. The summed E-state index contributed by atoms with van der Waals surface area (Å²) in [6, 6.07) is 3.26. The second-order valence-corrected chi connectivity index (χ2v) is 6.45. The highest BCUT2D eigenvalue weighted by Gasteiger charge is 2.36. The van der Waals surface area contributed by atoms with E-state index in [1.54, 1.807) is 6.07 Å². The predicted octanol–water partition coefficient (Wildman–Crippen LogP) is 3.53. The molecule has 1 aliphatic heterocycles. The molecule has 0 unspecified atom stereocenters. The molecule has 2 aliphatic rings. The number of hydrogen-bond acceptors (Lipinski definition) is 4. The Hall–Kier alpha value is -2.11. The van der Waals surface area contributed by atoms with E-state index in [-0.39, 0.29) is 23.4 Å². The molecular formula is C17H22N2O4. The van der Waals surface area contributed by atoms with Crippen molar-refractivity contribution in [1.29, 1.82) is 0 Å². The van der Waals surface area contributed by atoms with Crippen molar-refractivity contribution in [1.82, 2.24) is 4.90 Å². The van der Waals surface area contributed by atoms with Crippen LogP contribution in [0.25, 0.3) is 0 Å². The zero-order chi connectivity index (χ0) is 16.6. The van der Waals surface area contributed by atoms with Crippen molar-refractivity contribution in [3.8, 4) is 5.75 Å². The topological polar surface area (TPSA) is 72.7 Å². The number of nitro groups is 1. The third-order valence-corrected chi connectivity index (χ3v) is 5.27. The number of nitrogens with zero attached hydrogens (tertiary/aromatic N) is 2. The number of hydrogen-bond donors (Lipinski definition) is 0. The molecule has 0 N–H and O–H groups in total. The molecule has 0 atom stereocenters. The lowest BCUT2D eigenvalue weighted by Gasteiger charge is -2.34. The summed E-state index contributed by atoms with van der Waals surface area (Å²) >= 11 is 0. The molecule has 23 heavy (non-hydrogen) atoms. The first-order valence-electron chi connectivity index (χ1n) is 8.21. The van der Waals surface area contributed by atoms with Crippen LogP contribution in [0.15, 0.2) is 12.1 Å². The van der Waals surface area contributed by atoms with Gasteiger partial charge in [0, 0.05) is 18.7 Å². The number of carbonyl (C=O) groups excluding carboxylic acids is 1. The van der Waals surface area contributed by atoms with Crippen LogP contribution in [0.4, 0.5) is 5.69 Å². The van der Waals surface area contributed by atoms with Crippen LogP contribution in [0.3, 0.4) is 0 Å². The maximum atomic E-state index is 12.7. The standard InChI is InChI=1S/C17H22N2O4/c1-3-11-4-6-13(7-5-11)18-10-12-8-16(23-2)15(19(21)22)9-14(12)17(18)20/h8-9,11,13H,3-7,10H2,1-2H3. The molecule has 0 aromatic heterocycles. The molecule has 0 spiro atoms. The van der Waals surface area contributed by atoms with E-state index >= 15 is 0 Å². The van der Waals surface area contributed by atoms with Crippen LogP contribution in [0, 0.1) is 16.0 Å². The Balaban J connectivity index is 1.83. The van der Waals surface area contributed by atoms with Gasteiger partial charge in [0.25, 0.3) is 5.91 Å². The Morgan fingerprint density at radius 2 is 2.00 bits per heavy atom. The Kier molecular flexibility index (Phi) is 4.24. The van der Waals surface area contributed by atoms with Gasteiger partial charge in [0.2, 0.25) is 0 Å². The highest BCUT2D eigenvalue weighted by Crippen LogP contribution is 2.38. The summed E-state index contributed by atoms with van der Waals surface area (Å²) in [4.78, 5) is 25.2. The number of fused-ring (bicyclic) bond motifs is 1. The van der Waals surface area contributed by atoms with Gasteiger partial charge in [-0.25, -0.2) is 0 Å². The summed E-state index contributed by atoms with van der Waals surface area (Å²) < 4.78 is 5.10. The van der Waals surface area contributed by atoms with Gasteiger partial charge in [-0.2, -0.15) is 0 Å². The van der Waals surface area contributed by atoms with Crippen molar-refractivity contribution in [2.75, 3.05) is 7.11 Å². The summed E-state index contributed by atoms with van der Waals surface area (Å²) in [7, 11) is 1.41. The lowest BCUT2D eigenvalue weighted by molar-refractivity contribution is -0.385. The highest BCUT2D eigenvalue weighted by molar-refractivity contribution is 5.99. The maximum absolute atomic E-state index is 12.7. The van der Waals surface area contributed by atoms with E-state index in [2.05, 4.69) is 6.92 Å². The van der Waals surface area contributed by atoms with E-state index in [4.69, 9.17) is 4.74 Å². The molecule has 0 radical (unpaired) electrons. The van der Waals surface area contributed by atoms with Crippen LogP contribution in [0.2, 0.25) is 0 Å². The third kappa shape index (κ3) is 2.78. The van der Waals surface area contributed by atoms with Crippen LogP contribution in [0.1, 0.15) is 54.9 Å². The van der Waals surface area contributed by atoms with Gasteiger partial charge >= 0.3 is 5.69 Å². The number of benzene rings is 1. The van der Waals surface area contributed by atoms with Crippen molar-refractivity contribution in [3.63, 3.8) is 0 Å². The Bertz CT molecular complexity index is 636. The van der Waals surface area contributed by atoms with Gasteiger partial charge in [0.1, 0.15) is 0 Å². The molecule has 1 heterocycles. The van der Waals surface area contributed by atoms with Crippen LogP contribution in [-0.4, -0.2) is 28.9 Å². The molecule has 0 bridgehead atoms.